The van der Waals surface area contributed by atoms with Gasteiger partial charge in [0.25, 0.3) is 5.56 Å². The Morgan fingerprint density at radius 1 is 1.19 bits per heavy atom. The molecule has 3 heterocycles. The zero-order valence-corrected chi connectivity index (χ0v) is 17.1. The number of aromatic amines is 1. The predicted octanol–water partition coefficient (Wildman–Crippen LogP) is 3.34. The Morgan fingerprint density at radius 3 is 2.90 bits per heavy atom. The van der Waals surface area contributed by atoms with Crippen LogP contribution in [0.1, 0.15) is 42.6 Å². The van der Waals surface area contributed by atoms with Crippen molar-refractivity contribution in [2.24, 2.45) is 0 Å². The number of benzene rings is 1. The molecule has 7 nitrogen and oxygen atoms in total. The molecule has 3 aliphatic rings. The smallest absolute Gasteiger partial charge is 0.318 e. The van der Waals surface area contributed by atoms with Gasteiger partial charge in [-0.3, -0.25) is 9.20 Å². The number of carbonyl (C=O) groups excluding carboxylic acids is 1. The number of hydrogen-bond acceptors (Lipinski definition) is 3. The minimum absolute atomic E-state index is 0.0838. The van der Waals surface area contributed by atoms with E-state index in [1.165, 1.54) is 0 Å². The third kappa shape index (κ3) is 2.49. The summed E-state index contributed by atoms with van der Waals surface area (Å²) in [5, 5.41) is 3.12. The van der Waals surface area contributed by atoms with Gasteiger partial charge < -0.3 is 15.2 Å². The summed E-state index contributed by atoms with van der Waals surface area (Å²) < 4.78 is 1.89. The lowest BCUT2D eigenvalue weighted by atomic mass is 9.84. The molecule has 1 fully saturated rings. The Bertz CT molecular complexity index is 1320. The first-order chi connectivity index (χ1) is 15.2. The average molecular weight is 413 g/mol. The maximum atomic E-state index is 13.5. The first kappa shape index (κ1) is 18.2. The van der Waals surface area contributed by atoms with Gasteiger partial charge in [-0.05, 0) is 36.8 Å². The molecule has 6 rings (SSSR count). The third-order valence-electron chi connectivity index (χ3n) is 6.73. The van der Waals surface area contributed by atoms with Crippen LogP contribution in [0.3, 0.4) is 0 Å². The van der Waals surface area contributed by atoms with Crippen molar-refractivity contribution in [3.63, 3.8) is 0 Å². The van der Waals surface area contributed by atoms with Gasteiger partial charge in [0.05, 0.1) is 11.4 Å². The van der Waals surface area contributed by atoms with Crippen molar-refractivity contribution in [3.05, 3.63) is 87.8 Å². The fourth-order valence-electron chi connectivity index (χ4n) is 5.52. The Kier molecular flexibility index (Phi) is 3.93. The minimum Gasteiger partial charge on any atom is -0.334 e. The number of likely N-dealkylation sites (tertiary alicyclic amines) is 1. The van der Waals surface area contributed by atoms with Gasteiger partial charge in [-0.25, -0.2) is 9.78 Å². The minimum atomic E-state index is -0.592. The lowest BCUT2D eigenvalue weighted by Gasteiger charge is -2.38. The van der Waals surface area contributed by atoms with Crippen molar-refractivity contribution in [1.82, 2.24) is 24.6 Å². The van der Waals surface area contributed by atoms with Crippen molar-refractivity contribution in [2.75, 3.05) is 6.54 Å². The van der Waals surface area contributed by atoms with Gasteiger partial charge in [-0.15, -0.1) is 0 Å². The number of H-pyrrole nitrogens is 1. The van der Waals surface area contributed by atoms with Crippen LogP contribution in [0.2, 0.25) is 0 Å². The van der Waals surface area contributed by atoms with Crippen LogP contribution in [-0.4, -0.2) is 31.8 Å². The number of nitrogens with zero attached hydrogens (tertiary/aromatic N) is 3. The summed E-state index contributed by atoms with van der Waals surface area (Å²) in [7, 11) is 0. The fourth-order valence-corrected chi connectivity index (χ4v) is 5.52. The maximum Gasteiger partial charge on any atom is 0.318 e. The second-order valence-electron chi connectivity index (χ2n) is 8.37. The van der Waals surface area contributed by atoms with E-state index in [0.29, 0.717) is 18.7 Å². The molecule has 0 bridgehead atoms. The van der Waals surface area contributed by atoms with Crippen LogP contribution in [0.15, 0.2) is 65.2 Å². The number of fused-ring (bicyclic) bond motifs is 7. The molecule has 2 N–H and O–H groups in total. The number of carbonyl (C=O) groups is 1. The highest BCUT2D eigenvalue weighted by atomic mass is 16.2. The number of urea groups is 1. The van der Waals surface area contributed by atoms with Gasteiger partial charge in [-0.2, -0.15) is 0 Å². The summed E-state index contributed by atoms with van der Waals surface area (Å²) in [5.41, 5.74) is 4.60. The van der Waals surface area contributed by atoms with Gasteiger partial charge in [0.15, 0.2) is 0 Å². The summed E-state index contributed by atoms with van der Waals surface area (Å²) >= 11 is 0. The summed E-state index contributed by atoms with van der Waals surface area (Å²) in [6, 6.07) is 9.85. The highest BCUT2D eigenvalue weighted by Crippen LogP contribution is 2.56. The van der Waals surface area contributed by atoms with Gasteiger partial charge >= 0.3 is 6.03 Å². The molecule has 1 spiro atoms. The number of hydrogen-bond donors (Lipinski definition) is 2. The molecular formula is C24H23N5O2. The first-order valence-electron chi connectivity index (χ1n) is 10.8. The number of rotatable bonds is 2. The summed E-state index contributed by atoms with van der Waals surface area (Å²) in [6.45, 7) is 1.15. The molecule has 1 saturated heterocycles. The molecule has 3 aromatic rings. The van der Waals surface area contributed by atoms with E-state index in [1.54, 1.807) is 6.20 Å². The van der Waals surface area contributed by atoms with E-state index < -0.39 is 5.54 Å². The van der Waals surface area contributed by atoms with E-state index in [2.05, 4.69) is 27.4 Å². The van der Waals surface area contributed by atoms with Crippen LogP contribution in [0.4, 0.5) is 4.79 Å². The van der Waals surface area contributed by atoms with E-state index in [9.17, 15) is 9.59 Å². The van der Waals surface area contributed by atoms with E-state index >= 15 is 0 Å². The number of allylic oxidation sites excluding steroid dienone is 2. The highest BCUT2D eigenvalue weighted by molar-refractivity contribution is 5.91. The fraction of sp³-hybridized carbons (Fsp3) is 0.292. The van der Waals surface area contributed by atoms with Crippen molar-refractivity contribution < 1.29 is 4.79 Å². The van der Waals surface area contributed by atoms with Gasteiger partial charge in [0.1, 0.15) is 5.54 Å². The number of aromatic nitrogens is 3. The molecule has 2 amide bonds. The van der Waals surface area contributed by atoms with E-state index in [-0.39, 0.29) is 11.6 Å². The monoisotopic (exact) mass is 413 g/mol. The first-order valence-corrected chi connectivity index (χ1v) is 10.8. The normalized spacial score (nSPS) is 21.7. The Labute approximate surface area is 179 Å². The van der Waals surface area contributed by atoms with Crippen LogP contribution in [0.5, 0.6) is 0 Å². The van der Waals surface area contributed by atoms with E-state index in [0.717, 1.165) is 53.8 Å². The quantitative estimate of drug-likeness (QED) is 0.676. The molecule has 2 aromatic heterocycles. The van der Waals surface area contributed by atoms with Crippen molar-refractivity contribution in [3.8, 4) is 0 Å². The van der Waals surface area contributed by atoms with E-state index in [4.69, 9.17) is 0 Å². The molecule has 7 heteroatoms. The van der Waals surface area contributed by atoms with Crippen LogP contribution < -0.4 is 10.9 Å². The average Bonchev–Trinajstić information content (AvgIpc) is 3.52. The lowest BCUT2D eigenvalue weighted by molar-refractivity contribution is 0.164. The van der Waals surface area contributed by atoms with Gasteiger partial charge in [0, 0.05) is 31.1 Å². The molecule has 2 aliphatic carbocycles. The standard InChI is InChI=1S/C24H23N5O2/c30-22-21-25-12-14-28(21)20-19(27-22)17-9-4-5-10-18(17)24(20)11-6-13-29(24)23(31)26-15-16-7-2-1-3-8-16/h1-3,7-10,12,14H,4-6,11,13,15H2,(H,26,31)(H,27,30). The lowest BCUT2D eigenvalue weighted by Crippen LogP contribution is -2.50. The summed E-state index contributed by atoms with van der Waals surface area (Å²) in [6.07, 6.45) is 11.5. The Balaban J connectivity index is 1.48. The van der Waals surface area contributed by atoms with Crippen LogP contribution in [-0.2, 0) is 12.1 Å². The summed E-state index contributed by atoms with van der Waals surface area (Å²) in [5.74, 6) is 0. The molecule has 31 heavy (non-hydrogen) atoms. The van der Waals surface area contributed by atoms with Crippen LogP contribution in [0, 0.1) is 0 Å². The topological polar surface area (TPSA) is 82.5 Å². The van der Waals surface area contributed by atoms with E-state index in [1.807, 2.05) is 45.8 Å². The number of nitrogens with one attached hydrogen (secondary N) is 2. The molecule has 1 atom stereocenters. The molecule has 1 aromatic carbocycles. The molecule has 0 saturated carbocycles. The SMILES string of the molecule is O=C(NCc1ccccc1)N1CCCC12C1=CCCC=C1c1[nH]c(=O)c3nccn3c12. The number of amides is 2. The second-order valence-corrected chi connectivity index (χ2v) is 8.37. The van der Waals surface area contributed by atoms with Crippen LogP contribution >= 0.6 is 0 Å². The van der Waals surface area contributed by atoms with Crippen LogP contribution in [0.25, 0.3) is 11.2 Å². The number of imidazole rings is 1. The third-order valence-corrected chi connectivity index (χ3v) is 6.73. The molecule has 156 valence electrons. The molecule has 1 unspecified atom stereocenters. The zero-order chi connectivity index (χ0) is 21.0. The zero-order valence-electron chi connectivity index (χ0n) is 17.1. The van der Waals surface area contributed by atoms with Gasteiger partial charge in [-0.1, -0.05) is 42.5 Å². The summed E-state index contributed by atoms with van der Waals surface area (Å²) in [4.78, 5) is 35.5. The molecule has 1 aliphatic heterocycles. The predicted molar refractivity (Wildman–Crippen MR) is 117 cm³/mol. The largest absolute Gasteiger partial charge is 0.334 e. The van der Waals surface area contributed by atoms with Crippen molar-refractivity contribution >= 4 is 17.3 Å². The molecule has 0 radical (unpaired) electrons. The highest BCUT2D eigenvalue weighted by Gasteiger charge is 2.56. The second kappa shape index (κ2) is 6.70. The van der Waals surface area contributed by atoms with Gasteiger partial charge in [0.2, 0.25) is 5.65 Å². The molecular weight excluding hydrogens is 390 g/mol. The van der Waals surface area contributed by atoms with Crippen molar-refractivity contribution in [1.29, 1.82) is 0 Å². The Hall–Kier alpha value is -3.61. The van der Waals surface area contributed by atoms with Crippen molar-refractivity contribution in [2.45, 2.75) is 37.8 Å². The maximum absolute atomic E-state index is 13.5. The Morgan fingerprint density at radius 2 is 2.03 bits per heavy atom.